The van der Waals surface area contributed by atoms with Crippen molar-refractivity contribution in [2.45, 2.75) is 38.5 Å². The first-order valence-electron chi connectivity index (χ1n) is 5.23. The molecule has 0 aliphatic carbocycles. The van der Waals surface area contributed by atoms with Crippen LogP contribution in [0.4, 0.5) is 0 Å². The maximum atomic E-state index is 9.78. The third-order valence-electron chi connectivity index (χ3n) is 2.56. The smallest absolute Gasteiger partial charge is 0.188 e. The molecule has 0 fully saturated rings. The molecule has 0 bridgehead atoms. The van der Waals surface area contributed by atoms with E-state index in [0.717, 1.165) is 17.0 Å². The van der Waals surface area contributed by atoms with Crippen molar-refractivity contribution in [3.05, 3.63) is 17.0 Å². The van der Waals surface area contributed by atoms with Gasteiger partial charge in [0.15, 0.2) is 5.16 Å². The highest BCUT2D eigenvalue weighted by Gasteiger charge is 2.19. The monoisotopic (exact) mass is 241 g/mol. The zero-order chi connectivity index (χ0) is 12.3. The molecule has 1 rings (SSSR count). The summed E-state index contributed by atoms with van der Waals surface area (Å²) in [6, 6.07) is 0. The van der Waals surface area contributed by atoms with Gasteiger partial charge in [0.05, 0.1) is 5.60 Å². The molecular weight excluding hydrogens is 222 g/mol. The van der Waals surface area contributed by atoms with Crippen LogP contribution in [-0.2, 0) is 0 Å². The van der Waals surface area contributed by atoms with Gasteiger partial charge in [0.2, 0.25) is 0 Å². The molecule has 0 saturated heterocycles. The molecular formula is C11H19N3OS. The Morgan fingerprint density at radius 1 is 1.25 bits per heavy atom. The van der Waals surface area contributed by atoms with E-state index in [1.807, 2.05) is 20.8 Å². The molecule has 1 heterocycles. The van der Waals surface area contributed by atoms with E-state index in [0.29, 0.717) is 10.9 Å². The maximum Gasteiger partial charge on any atom is 0.188 e. The molecule has 0 spiro atoms. The molecule has 16 heavy (non-hydrogen) atoms. The molecule has 3 N–H and O–H groups in total. The summed E-state index contributed by atoms with van der Waals surface area (Å²) in [5.74, 6) is 0.505. The van der Waals surface area contributed by atoms with Crippen LogP contribution >= 0.6 is 11.8 Å². The number of thioether (sulfide) groups is 1. The number of nitrogens with two attached hydrogens (primary N) is 1. The van der Waals surface area contributed by atoms with Gasteiger partial charge in [-0.15, -0.1) is 0 Å². The highest BCUT2D eigenvalue weighted by Crippen LogP contribution is 2.20. The fourth-order valence-electron chi connectivity index (χ4n) is 1.08. The van der Waals surface area contributed by atoms with E-state index < -0.39 is 5.60 Å². The van der Waals surface area contributed by atoms with Crippen LogP contribution in [0.1, 0.15) is 23.9 Å². The van der Waals surface area contributed by atoms with Crippen molar-refractivity contribution in [2.24, 2.45) is 5.73 Å². The van der Waals surface area contributed by atoms with E-state index in [4.69, 9.17) is 5.73 Å². The summed E-state index contributed by atoms with van der Waals surface area (Å²) in [7, 11) is 0. The number of aryl methyl sites for hydroxylation is 2. The molecule has 1 aromatic rings. The lowest BCUT2D eigenvalue weighted by Crippen LogP contribution is -2.36. The Kier molecular flexibility index (Phi) is 4.29. The number of aliphatic hydroxyl groups is 1. The molecule has 4 nitrogen and oxygen atoms in total. The highest BCUT2D eigenvalue weighted by molar-refractivity contribution is 7.99. The molecule has 1 atom stereocenters. The minimum atomic E-state index is -0.860. The fraction of sp³-hybridized carbons (Fsp3) is 0.636. The molecule has 1 unspecified atom stereocenters. The van der Waals surface area contributed by atoms with Crippen LogP contribution in [0, 0.1) is 20.8 Å². The van der Waals surface area contributed by atoms with Crippen LogP contribution in [0.5, 0.6) is 0 Å². The Bertz CT molecular complexity index is 356. The largest absolute Gasteiger partial charge is 0.388 e. The normalized spacial score (nSPS) is 14.9. The van der Waals surface area contributed by atoms with Gasteiger partial charge in [-0.1, -0.05) is 11.8 Å². The number of rotatable bonds is 4. The van der Waals surface area contributed by atoms with Crippen LogP contribution in [0.2, 0.25) is 0 Å². The van der Waals surface area contributed by atoms with Crippen molar-refractivity contribution in [3.63, 3.8) is 0 Å². The topological polar surface area (TPSA) is 72.0 Å². The third kappa shape index (κ3) is 3.43. The van der Waals surface area contributed by atoms with Gasteiger partial charge in [-0.05, 0) is 33.3 Å². The van der Waals surface area contributed by atoms with Gasteiger partial charge in [0.1, 0.15) is 0 Å². The van der Waals surface area contributed by atoms with Gasteiger partial charge in [-0.3, -0.25) is 0 Å². The quantitative estimate of drug-likeness (QED) is 0.612. The lowest BCUT2D eigenvalue weighted by Gasteiger charge is -2.19. The molecule has 0 radical (unpaired) electrons. The van der Waals surface area contributed by atoms with Crippen LogP contribution in [0.25, 0.3) is 0 Å². The summed E-state index contributed by atoms with van der Waals surface area (Å²) in [6.07, 6.45) is 0. The summed E-state index contributed by atoms with van der Waals surface area (Å²) in [6.45, 7) is 7.90. The standard InChI is InChI=1S/C11H19N3OS/c1-7-8(2)13-10(14-9(7)3)16-6-11(4,15)5-12/h15H,5-6,12H2,1-4H3. The summed E-state index contributed by atoms with van der Waals surface area (Å²) in [5, 5.41) is 10.5. The molecule has 1 aromatic heterocycles. The molecule has 0 aliphatic heterocycles. The fourth-order valence-corrected chi connectivity index (χ4v) is 2.05. The van der Waals surface area contributed by atoms with Crippen molar-refractivity contribution in [1.29, 1.82) is 0 Å². The van der Waals surface area contributed by atoms with Crippen LogP contribution in [0.15, 0.2) is 5.16 Å². The first kappa shape index (κ1) is 13.4. The minimum Gasteiger partial charge on any atom is -0.388 e. The van der Waals surface area contributed by atoms with E-state index >= 15 is 0 Å². The average Bonchev–Trinajstić information content (AvgIpc) is 2.23. The predicted octanol–water partition coefficient (Wildman–Crippen LogP) is 1.20. The van der Waals surface area contributed by atoms with E-state index in [1.54, 1.807) is 6.92 Å². The Balaban J connectivity index is 2.76. The lowest BCUT2D eigenvalue weighted by molar-refractivity contribution is 0.0949. The van der Waals surface area contributed by atoms with Crippen molar-refractivity contribution in [2.75, 3.05) is 12.3 Å². The zero-order valence-corrected chi connectivity index (χ0v) is 11.1. The van der Waals surface area contributed by atoms with Crippen molar-refractivity contribution in [3.8, 4) is 0 Å². The van der Waals surface area contributed by atoms with E-state index in [2.05, 4.69) is 9.97 Å². The second-order valence-electron chi connectivity index (χ2n) is 4.29. The van der Waals surface area contributed by atoms with E-state index in [-0.39, 0.29) is 6.54 Å². The summed E-state index contributed by atoms with van der Waals surface area (Å²) in [4.78, 5) is 8.74. The number of aromatic nitrogens is 2. The maximum absolute atomic E-state index is 9.78. The second kappa shape index (κ2) is 5.12. The molecule has 0 amide bonds. The van der Waals surface area contributed by atoms with Gasteiger partial charge < -0.3 is 10.8 Å². The minimum absolute atomic E-state index is 0.240. The second-order valence-corrected chi connectivity index (χ2v) is 5.23. The first-order chi connectivity index (χ1) is 7.35. The Morgan fingerprint density at radius 3 is 2.19 bits per heavy atom. The SMILES string of the molecule is Cc1nc(SCC(C)(O)CN)nc(C)c1C. The van der Waals surface area contributed by atoms with Crippen LogP contribution in [-0.4, -0.2) is 33.0 Å². The van der Waals surface area contributed by atoms with Crippen LogP contribution in [0.3, 0.4) is 0 Å². The van der Waals surface area contributed by atoms with Gasteiger partial charge in [0.25, 0.3) is 0 Å². The predicted molar refractivity (Wildman–Crippen MR) is 66.6 cm³/mol. The van der Waals surface area contributed by atoms with Crippen LogP contribution < -0.4 is 5.73 Å². The summed E-state index contributed by atoms with van der Waals surface area (Å²) in [5.41, 5.74) is 7.69. The average molecular weight is 241 g/mol. The Hall–Kier alpha value is -0.650. The Labute approximate surface area is 101 Å². The van der Waals surface area contributed by atoms with Crippen molar-refractivity contribution >= 4 is 11.8 Å². The van der Waals surface area contributed by atoms with Gasteiger partial charge in [-0.25, -0.2) is 9.97 Å². The lowest BCUT2D eigenvalue weighted by atomic mass is 10.1. The van der Waals surface area contributed by atoms with Crippen molar-refractivity contribution in [1.82, 2.24) is 9.97 Å². The number of hydrogen-bond donors (Lipinski definition) is 2. The molecule has 5 heteroatoms. The molecule has 0 saturated carbocycles. The van der Waals surface area contributed by atoms with Gasteiger partial charge >= 0.3 is 0 Å². The Morgan fingerprint density at radius 2 is 1.75 bits per heavy atom. The molecule has 0 aliphatic rings. The highest BCUT2D eigenvalue weighted by atomic mass is 32.2. The molecule has 0 aromatic carbocycles. The summed E-state index contributed by atoms with van der Waals surface area (Å²) >= 11 is 1.44. The number of hydrogen-bond acceptors (Lipinski definition) is 5. The van der Waals surface area contributed by atoms with Gasteiger partial charge in [-0.2, -0.15) is 0 Å². The third-order valence-corrected chi connectivity index (χ3v) is 3.77. The number of nitrogens with zero attached hydrogens (tertiary/aromatic N) is 2. The zero-order valence-electron chi connectivity index (χ0n) is 10.2. The van der Waals surface area contributed by atoms with E-state index in [9.17, 15) is 5.11 Å². The summed E-state index contributed by atoms with van der Waals surface area (Å²) < 4.78 is 0. The first-order valence-corrected chi connectivity index (χ1v) is 6.21. The van der Waals surface area contributed by atoms with Crippen molar-refractivity contribution < 1.29 is 5.11 Å². The van der Waals surface area contributed by atoms with Gasteiger partial charge in [0, 0.05) is 23.7 Å². The molecule has 90 valence electrons. The van der Waals surface area contributed by atoms with E-state index in [1.165, 1.54) is 11.8 Å².